The molecule has 3 rings (SSSR count). The molecule has 0 spiro atoms. The van der Waals surface area contributed by atoms with Crippen molar-refractivity contribution in [3.63, 3.8) is 0 Å². The molecule has 0 unspecified atom stereocenters. The molecule has 0 fully saturated rings. The van der Waals surface area contributed by atoms with Crippen LogP contribution < -0.4 is 5.32 Å². The summed E-state index contributed by atoms with van der Waals surface area (Å²) in [5.41, 5.74) is 5.58. The van der Waals surface area contributed by atoms with Crippen LogP contribution >= 0.6 is 0 Å². The van der Waals surface area contributed by atoms with E-state index in [0.29, 0.717) is 0 Å². The molecule has 0 radical (unpaired) electrons. The van der Waals surface area contributed by atoms with Gasteiger partial charge in [-0.15, -0.1) is 0 Å². The fourth-order valence-electron chi connectivity index (χ4n) is 2.58. The molecular formula is C21H20N2. The highest BCUT2D eigenvalue weighted by Crippen LogP contribution is 2.20. The lowest BCUT2D eigenvalue weighted by atomic mass is 10.0. The highest BCUT2D eigenvalue weighted by atomic mass is 15.0. The van der Waals surface area contributed by atoms with E-state index in [-0.39, 0.29) is 0 Å². The number of nitrogens with one attached hydrogen (secondary N) is 1. The van der Waals surface area contributed by atoms with E-state index in [1.165, 1.54) is 11.1 Å². The van der Waals surface area contributed by atoms with Crippen molar-refractivity contribution in [3.8, 4) is 0 Å². The summed E-state index contributed by atoms with van der Waals surface area (Å²) in [4.78, 5) is 4.41. The van der Waals surface area contributed by atoms with Gasteiger partial charge < -0.3 is 5.32 Å². The van der Waals surface area contributed by atoms with E-state index in [1.54, 1.807) is 0 Å². The molecular weight excluding hydrogens is 280 g/mol. The van der Waals surface area contributed by atoms with Gasteiger partial charge in [0.1, 0.15) is 5.82 Å². The van der Waals surface area contributed by atoms with Crippen molar-refractivity contribution in [2.24, 2.45) is 0 Å². The molecule has 2 heterocycles. The summed E-state index contributed by atoms with van der Waals surface area (Å²) in [6, 6.07) is 12.4. The lowest BCUT2D eigenvalue weighted by molar-refractivity contribution is 0.960. The number of aromatic nitrogens is 1. The third-order valence-corrected chi connectivity index (χ3v) is 3.81. The molecule has 1 aromatic heterocycles. The van der Waals surface area contributed by atoms with Crippen LogP contribution in [0.3, 0.4) is 0 Å². The van der Waals surface area contributed by atoms with Crippen LogP contribution in [0.1, 0.15) is 17.5 Å². The molecule has 0 amide bonds. The number of hydrogen-bond acceptors (Lipinski definition) is 2. The molecule has 4 bridgehead atoms. The average Bonchev–Trinajstić information content (AvgIpc) is 2.57. The van der Waals surface area contributed by atoms with Gasteiger partial charge in [-0.25, -0.2) is 4.98 Å². The van der Waals surface area contributed by atoms with E-state index in [9.17, 15) is 0 Å². The smallest absolute Gasteiger partial charge is 0.130 e. The third-order valence-electron chi connectivity index (χ3n) is 3.81. The Balaban J connectivity index is 2.02. The van der Waals surface area contributed by atoms with E-state index < -0.39 is 0 Å². The number of hydrogen-bond donors (Lipinski definition) is 1. The average molecular weight is 300 g/mol. The number of nitrogens with zero attached hydrogens (tertiary/aromatic N) is 1. The van der Waals surface area contributed by atoms with Gasteiger partial charge in [0.2, 0.25) is 0 Å². The van der Waals surface area contributed by atoms with Crippen LogP contribution in [0, 0.1) is 0 Å². The van der Waals surface area contributed by atoms with Gasteiger partial charge in [0.15, 0.2) is 0 Å². The van der Waals surface area contributed by atoms with E-state index in [1.807, 2.05) is 30.5 Å². The van der Waals surface area contributed by atoms with Crippen molar-refractivity contribution in [2.75, 3.05) is 5.32 Å². The maximum atomic E-state index is 4.41. The Kier molecular flexibility index (Phi) is 4.53. The van der Waals surface area contributed by atoms with Crippen molar-refractivity contribution in [3.05, 3.63) is 96.3 Å². The summed E-state index contributed by atoms with van der Waals surface area (Å²) in [5.74, 6) is 0.870. The zero-order valence-corrected chi connectivity index (χ0v) is 13.1. The number of pyridine rings is 1. The molecule has 0 saturated carbocycles. The second kappa shape index (κ2) is 6.93. The Labute approximate surface area is 137 Å². The molecule has 114 valence electrons. The monoisotopic (exact) mass is 300 g/mol. The first kappa shape index (κ1) is 15.0. The van der Waals surface area contributed by atoms with Gasteiger partial charge >= 0.3 is 0 Å². The first-order chi connectivity index (χ1) is 11.2. The van der Waals surface area contributed by atoms with E-state index in [4.69, 9.17) is 0 Å². The minimum absolute atomic E-state index is 0.870. The van der Waals surface area contributed by atoms with Gasteiger partial charge in [-0.1, -0.05) is 49.6 Å². The van der Waals surface area contributed by atoms with Gasteiger partial charge in [0.05, 0.1) is 0 Å². The summed E-state index contributed by atoms with van der Waals surface area (Å²) in [6.45, 7) is 8.02. The SMILES string of the molecule is C=C/C1=C\C(=C)/C=C\c2cccc(c2)Nc2cc(ccn2)CC1. The topological polar surface area (TPSA) is 24.9 Å². The number of allylic oxidation sites excluding steroid dienone is 5. The molecule has 0 saturated heterocycles. The first-order valence-corrected chi connectivity index (χ1v) is 7.75. The third kappa shape index (κ3) is 4.07. The second-order valence-electron chi connectivity index (χ2n) is 5.63. The standard InChI is InChI=1S/C21H20N2/c1-3-17-9-10-19-11-12-22-21(15-19)23-20-6-4-5-18(14-20)8-7-16(2)13-17/h3-8,11-15H,1-2,9-10H2,(H,22,23)/b8-7-,17-13+. The number of benzene rings is 1. The molecule has 2 heteroatoms. The molecule has 2 nitrogen and oxygen atoms in total. The van der Waals surface area contributed by atoms with Gasteiger partial charge in [-0.2, -0.15) is 0 Å². The number of aryl methyl sites for hydroxylation is 1. The Bertz CT molecular complexity index is 797. The maximum absolute atomic E-state index is 4.41. The molecule has 0 aliphatic carbocycles. The lowest BCUT2D eigenvalue weighted by Gasteiger charge is -2.10. The highest BCUT2D eigenvalue weighted by molar-refractivity contribution is 5.64. The first-order valence-electron chi connectivity index (χ1n) is 7.75. The van der Waals surface area contributed by atoms with Gasteiger partial charge in [0, 0.05) is 11.9 Å². The Morgan fingerprint density at radius 3 is 2.87 bits per heavy atom. The quantitative estimate of drug-likeness (QED) is 0.757. The Morgan fingerprint density at radius 1 is 1.09 bits per heavy atom. The predicted molar refractivity (Wildman–Crippen MR) is 98.7 cm³/mol. The zero-order valence-electron chi connectivity index (χ0n) is 13.1. The summed E-state index contributed by atoms with van der Waals surface area (Å²) in [5, 5.41) is 3.37. The molecule has 1 aliphatic rings. The molecule has 1 aliphatic heterocycles. The zero-order chi connectivity index (χ0) is 16.1. The number of rotatable bonds is 1. The molecule has 23 heavy (non-hydrogen) atoms. The molecule has 2 aromatic rings. The highest BCUT2D eigenvalue weighted by Gasteiger charge is 2.02. The predicted octanol–water partition coefficient (Wildman–Crippen LogP) is 5.45. The second-order valence-corrected chi connectivity index (χ2v) is 5.63. The van der Waals surface area contributed by atoms with E-state index >= 15 is 0 Å². The maximum Gasteiger partial charge on any atom is 0.130 e. The van der Waals surface area contributed by atoms with Crippen molar-refractivity contribution >= 4 is 17.6 Å². The number of anilines is 2. The van der Waals surface area contributed by atoms with Crippen LogP contribution in [0.4, 0.5) is 11.5 Å². The van der Waals surface area contributed by atoms with Gasteiger partial charge in [0.25, 0.3) is 0 Å². The van der Waals surface area contributed by atoms with Crippen LogP contribution in [0.25, 0.3) is 6.08 Å². The minimum atomic E-state index is 0.870. The summed E-state index contributed by atoms with van der Waals surface area (Å²) < 4.78 is 0. The molecule has 1 aromatic carbocycles. The summed E-state index contributed by atoms with van der Waals surface area (Å²) in [7, 11) is 0. The van der Waals surface area contributed by atoms with Crippen LogP contribution in [-0.2, 0) is 6.42 Å². The lowest BCUT2D eigenvalue weighted by Crippen LogP contribution is -1.96. The Hall–Kier alpha value is -2.87. The van der Waals surface area contributed by atoms with Crippen molar-refractivity contribution < 1.29 is 0 Å². The van der Waals surface area contributed by atoms with Gasteiger partial charge in [-0.3, -0.25) is 0 Å². The van der Waals surface area contributed by atoms with Crippen LogP contribution in [0.15, 0.2) is 85.1 Å². The Morgan fingerprint density at radius 2 is 2.00 bits per heavy atom. The van der Waals surface area contributed by atoms with Crippen LogP contribution in [0.5, 0.6) is 0 Å². The number of fused-ring (bicyclic) bond motifs is 4. The molecule has 1 N–H and O–H groups in total. The van der Waals surface area contributed by atoms with Crippen molar-refractivity contribution in [1.29, 1.82) is 0 Å². The fourth-order valence-corrected chi connectivity index (χ4v) is 2.58. The van der Waals surface area contributed by atoms with E-state index in [2.05, 4.69) is 59.9 Å². The van der Waals surface area contributed by atoms with Crippen molar-refractivity contribution in [2.45, 2.75) is 12.8 Å². The van der Waals surface area contributed by atoms with Crippen LogP contribution in [0.2, 0.25) is 0 Å². The summed E-state index contributed by atoms with van der Waals surface area (Å²) >= 11 is 0. The van der Waals surface area contributed by atoms with Crippen LogP contribution in [-0.4, -0.2) is 4.98 Å². The molecule has 0 atom stereocenters. The van der Waals surface area contributed by atoms with E-state index in [0.717, 1.165) is 35.5 Å². The minimum Gasteiger partial charge on any atom is -0.340 e. The van der Waals surface area contributed by atoms with Crippen molar-refractivity contribution in [1.82, 2.24) is 4.98 Å². The van der Waals surface area contributed by atoms with Gasteiger partial charge in [-0.05, 0) is 59.4 Å². The largest absolute Gasteiger partial charge is 0.340 e. The normalized spacial score (nSPS) is 18.1. The fraction of sp³-hybridized carbons (Fsp3) is 0.0952. The summed E-state index contributed by atoms with van der Waals surface area (Å²) in [6.07, 6.45) is 11.8.